The molecule has 0 aromatic heterocycles. The van der Waals surface area contributed by atoms with Gasteiger partial charge in [-0.15, -0.1) is 13.2 Å². The molecule has 0 saturated heterocycles. The molecular weight excluding hydrogens is 269 g/mol. The Morgan fingerprint density at radius 3 is 2.80 bits per heavy atom. The Morgan fingerprint density at radius 1 is 1.35 bits per heavy atom. The van der Waals surface area contributed by atoms with E-state index in [1.807, 2.05) is 29.2 Å². The Bertz CT molecular complexity index is 437. The molecule has 112 valence electrons. The highest BCUT2D eigenvalue weighted by molar-refractivity contribution is 5.54. The molecule has 2 rings (SSSR count). The number of fused-ring (bicyclic) bond motifs is 1. The molecule has 1 heterocycles. The van der Waals surface area contributed by atoms with Crippen LogP contribution in [0.3, 0.4) is 0 Å². The molecule has 1 atom stereocenters. The smallest absolute Gasteiger partial charge is 0.367 e. The van der Waals surface area contributed by atoms with E-state index >= 15 is 0 Å². The van der Waals surface area contributed by atoms with Gasteiger partial charge in [0.15, 0.2) is 0 Å². The van der Waals surface area contributed by atoms with E-state index in [1.165, 1.54) is 0 Å². The van der Waals surface area contributed by atoms with Gasteiger partial charge in [0.05, 0.1) is 6.61 Å². The molecule has 0 spiro atoms. The zero-order valence-corrected chi connectivity index (χ0v) is 11.4. The van der Waals surface area contributed by atoms with Gasteiger partial charge in [0, 0.05) is 31.4 Å². The second kappa shape index (κ2) is 6.45. The van der Waals surface area contributed by atoms with E-state index in [4.69, 9.17) is 0 Å². The van der Waals surface area contributed by atoms with Crippen LogP contribution in [0, 0.1) is 0 Å². The summed E-state index contributed by atoms with van der Waals surface area (Å²) in [5.74, 6) is 0. The third kappa shape index (κ3) is 4.11. The summed E-state index contributed by atoms with van der Waals surface area (Å²) in [6.45, 7) is 3.38. The first-order valence-electron chi connectivity index (χ1n) is 6.76. The topological polar surface area (TPSA) is 24.5 Å². The molecule has 1 unspecified atom stereocenters. The van der Waals surface area contributed by atoms with E-state index in [0.717, 1.165) is 24.2 Å². The molecule has 0 aliphatic carbocycles. The van der Waals surface area contributed by atoms with Gasteiger partial charge >= 0.3 is 6.36 Å². The number of halogens is 3. The quantitative estimate of drug-likeness (QED) is 0.922. The summed E-state index contributed by atoms with van der Waals surface area (Å²) in [6.07, 6.45) is -3.63. The van der Waals surface area contributed by atoms with Crippen LogP contribution in [0.1, 0.15) is 18.9 Å². The normalized spacial score (nSPS) is 19.6. The predicted molar refractivity (Wildman–Crippen MR) is 71.6 cm³/mol. The van der Waals surface area contributed by atoms with Crippen LogP contribution in [0.25, 0.3) is 0 Å². The Morgan fingerprint density at radius 2 is 2.10 bits per heavy atom. The number of hydrogen-bond donors (Lipinski definition) is 1. The largest absolute Gasteiger partial charge is 0.522 e. The maximum absolute atomic E-state index is 12.1. The molecular formula is C14H19F3N2O. The van der Waals surface area contributed by atoms with Gasteiger partial charge in [0.2, 0.25) is 0 Å². The van der Waals surface area contributed by atoms with Crippen molar-refractivity contribution < 1.29 is 17.9 Å². The minimum absolute atomic E-state index is 0.231. The molecule has 0 saturated carbocycles. The van der Waals surface area contributed by atoms with Gasteiger partial charge in [-0.2, -0.15) is 0 Å². The summed E-state index contributed by atoms with van der Waals surface area (Å²) in [7, 11) is 0. The lowest BCUT2D eigenvalue weighted by Gasteiger charge is -2.27. The first-order valence-corrected chi connectivity index (χ1v) is 6.76. The molecule has 1 N–H and O–H groups in total. The first kappa shape index (κ1) is 15.1. The number of anilines is 1. The fraction of sp³-hybridized carbons (Fsp3) is 0.571. The summed E-state index contributed by atoms with van der Waals surface area (Å²) in [5, 5.41) is 3.42. The van der Waals surface area contributed by atoms with Gasteiger partial charge in [0.1, 0.15) is 0 Å². The highest BCUT2D eigenvalue weighted by Gasteiger charge is 2.29. The molecule has 20 heavy (non-hydrogen) atoms. The summed E-state index contributed by atoms with van der Waals surface area (Å²) < 4.78 is 40.1. The fourth-order valence-electron chi connectivity index (χ4n) is 2.41. The zero-order chi connectivity index (χ0) is 14.6. The van der Waals surface area contributed by atoms with Gasteiger partial charge in [-0.3, -0.25) is 4.74 Å². The monoisotopic (exact) mass is 288 g/mol. The third-order valence-corrected chi connectivity index (χ3v) is 3.47. The van der Waals surface area contributed by atoms with Crippen molar-refractivity contribution in [2.45, 2.75) is 32.3 Å². The summed E-state index contributed by atoms with van der Waals surface area (Å²) >= 11 is 0. The summed E-state index contributed by atoms with van der Waals surface area (Å²) in [6, 6.07) is 8.06. The van der Waals surface area contributed by atoms with E-state index in [-0.39, 0.29) is 19.2 Å². The lowest BCUT2D eigenvalue weighted by Crippen LogP contribution is -2.39. The minimum Gasteiger partial charge on any atom is -0.367 e. The van der Waals surface area contributed by atoms with Crippen molar-refractivity contribution >= 4 is 5.69 Å². The van der Waals surface area contributed by atoms with Crippen molar-refractivity contribution in [1.29, 1.82) is 0 Å². The SMILES string of the molecule is CCC1CN(CCOC(F)(F)F)c2ccccc2CN1. The molecule has 1 aromatic rings. The van der Waals surface area contributed by atoms with Crippen LogP contribution in [0.15, 0.2) is 24.3 Å². The molecule has 1 aromatic carbocycles. The molecule has 1 aliphatic heterocycles. The summed E-state index contributed by atoms with van der Waals surface area (Å²) in [5.41, 5.74) is 2.09. The van der Waals surface area contributed by atoms with Crippen LogP contribution in [-0.2, 0) is 11.3 Å². The van der Waals surface area contributed by atoms with Gasteiger partial charge in [-0.1, -0.05) is 25.1 Å². The maximum Gasteiger partial charge on any atom is 0.522 e. The number of nitrogens with zero attached hydrogens (tertiary/aromatic N) is 1. The van der Waals surface area contributed by atoms with Crippen molar-refractivity contribution in [2.75, 3.05) is 24.6 Å². The number of para-hydroxylation sites is 1. The Labute approximate surface area is 116 Å². The van der Waals surface area contributed by atoms with Crippen molar-refractivity contribution in [1.82, 2.24) is 5.32 Å². The molecule has 3 nitrogen and oxygen atoms in total. The molecule has 0 bridgehead atoms. The molecule has 0 amide bonds. The highest BCUT2D eigenvalue weighted by Crippen LogP contribution is 2.24. The first-order chi connectivity index (χ1) is 9.49. The lowest BCUT2D eigenvalue weighted by molar-refractivity contribution is -0.323. The second-order valence-electron chi connectivity index (χ2n) is 4.86. The number of hydrogen-bond acceptors (Lipinski definition) is 3. The van der Waals surface area contributed by atoms with Crippen LogP contribution < -0.4 is 10.2 Å². The van der Waals surface area contributed by atoms with Gasteiger partial charge in [-0.25, -0.2) is 0 Å². The fourth-order valence-corrected chi connectivity index (χ4v) is 2.41. The second-order valence-corrected chi connectivity index (χ2v) is 4.86. The predicted octanol–water partition coefficient (Wildman–Crippen LogP) is 2.91. The Kier molecular flexibility index (Phi) is 4.88. The maximum atomic E-state index is 12.1. The van der Waals surface area contributed by atoms with Crippen LogP contribution in [-0.4, -0.2) is 32.1 Å². The van der Waals surface area contributed by atoms with E-state index in [0.29, 0.717) is 6.54 Å². The van der Waals surface area contributed by atoms with Crippen LogP contribution in [0.4, 0.5) is 18.9 Å². The zero-order valence-electron chi connectivity index (χ0n) is 11.4. The van der Waals surface area contributed by atoms with Crippen LogP contribution in [0.2, 0.25) is 0 Å². The van der Waals surface area contributed by atoms with Crippen LogP contribution >= 0.6 is 0 Å². The van der Waals surface area contributed by atoms with E-state index in [1.54, 1.807) is 0 Å². The van der Waals surface area contributed by atoms with Crippen molar-refractivity contribution in [2.24, 2.45) is 0 Å². The van der Waals surface area contributed by atoms with Crippen molar-refractivity contribution in [3.8, 4) is 0 Å². The standard InChI is InChI=1S/C14H19F3N2O/c1-2-12-10-19(7-8-20-14(15,16)17)13-6-4-3-5-11(13)9-18-12/h3-6,12,18H,2,7-10H2,1H3. The third-order valence-electron chi connectivity index (χ3n) is 3.47. The molecule has 0 fully saturated rings. The molecule has 1 aliphatic rings. The number of benzene rings is 1. The number of ether oxygens (including phenoxy) is 1. The average Bonchev–Trinajstić information content (AvgIpc) is 2.57. The number of nitrogens with one attached hydrogen (secondary N) is 1. The highest BCUT2D eigenvalue weighted by atomic mass is 19.4. The van der Waals surface area contributed by atoms with E-state index in [9.17, 15) is 13.2 Å². The molecule has 6 heteroatoms. The lowest BCUT2D eigenvalue weighted by atomic mass is 10.1. The van der Waals surface area contributed by atoms with Crippen molar-refractivity contribution in [3.63, 3.8) is 0 Å². The Hall–Kier alpha value is -1.27. The van der Waals surface area contributed by atoms with Gasteiger partial charge < -0.3 is 10.2 Å². The van der Waals surface area contributed by atoms with Gasteiger partial charge in [-0.05, 0) is 18.1 Å². The Balaban J connectivity index is 2.07. The average molecular weight is 288 g/mol. The van der Waals surface area contributed by atoms with Crippen LogP contribution in [0.5, 0.6) is 0 Å². The minimum atomic E-state index is -4.56. The molecule has 0 radical (unpaired) electrons. The van der Waals surface area contributed by atoms with Crippen molar-refractivity contribution in [3.05, 3.63) is 29.8 Å². The number of alkyl halides is 3. The summed E-state index contributed by atoms with van der Waals surface area (Å²) in [4.78, 5) is 1.97. The van der Waals surface area contributed by atoms with E-state index in [2.05, 4.69) is 17.0 Å². The van der Waals surface area contributed by atoms with Gasteiger partial charge in [0.25, 0.3) is 0 Å². The number of rotatable bonds is 4. The van der Waals surface area contributed by atoms with E-state index < -0.39 is 6.36 Å².